The van der Waals surface area contributed by atoms with Crippen molar-refractivity contribution in [3.05, 3.63) is 42.2 Å². The molecule has 2 rings (SSSR count). The normalized spacial score (nSPS) is 11.2. The van der Waals surface area contributed by atoms with E-state index in [-0.39, 0.29) is 11.5 Å². The summed E-state index contributed by atoms with van der Waals surface area (Å²) < 4.78 is 48.7. The predicted molar refractivity (Wildman–Crippen MR) is 67.8 cm³/mol. The molecule has 1 aromatic carbocycles. The van der Waals surface area contributed by atoms with E-state index in [0.29, 0.717) is 11.1 Å². The van der Waals surface area contributed by atoms with Crippen LogP contribution in [0, 0.1) is 0 Å². The van der Waals surface area contributed by atoms with Crippen LogP contribution in [0.3, 0.4) is 0 Å². The minimum atomic E-state index is -4.51. The van der Waals surface area contributed by atoms with Gasteiger partial charge in [0.25, 0.3) is 0 Å². The third-order valence-electron chi connectivity index (χ3n) is 2.80. The van der Waals surface area contributed by atoms with E-state index in [0.717, 1.165) is 6.07 Å². The van der Waals surface area contributed by atoms with Crippen molar-refractivity contribution in [2.75, 3.05) is 14.2 Å². The van der Waals surface area contributed by atoms with Gasteiger partial charge in [-0.15, -0.1) is 0 Å². The van der Waals surface area contributed by atoms with E-state index in [2.05, 4.69) is 4.98 Å². The van der Waals surface area contributed by atoms with Gasteiger partial charge in [0.15, 0.2) is 0 Å². The zero-order chi connectivity index (χ0) is 14.8. The van der Waals surface area contributed by atoms with Gasteiger partial charge in [-0.25, -0.2) is 0 Å². The van der Waals surface area contributed by atoms with Crippen LogP contribution in [0.1, 0.15) is 5.56 Å². The molecule has 2 aromatic rings. The second-order valence-corrected chi connectivity index (χ2v) is 3.99. The molecule has 0 atom stereocenters. The standard InChI is InChI=1S/C14H12F3NO2/c1-19-12-7-11(14(15,16)17)13(20-2)6-10(12)9-4-3-5-18-8-9/h3-8H,1-2H3. The first kappa shape index (κ1) is 14.2. The summed E-state index contributed by atoms with van der Waals surface area (Å²) in [6, 6.07) is 5.66. The molecule has 0 fully saturated rings. The predicted octanol–water partition coefficient (Wildman–Crippen LogP) is 3.78. The zero-order valence-corrected chi connectivity index (χ0v) is 10.9. The van der Waals surface area contributed by atoms with Crippen molar-refractivity contribution in [2.24, 2.45) is 0 Å². The van der Waals surface area contributed by atoms with Gasteiger partial charge in [-0.1, -0.05) is 6.07 Å². The highest BCUT2D eigenvalue weighted by molar-refractivity contribution is 5.72. The fourth-order valence-electron chi connectivity index (χ4n) is 1.87. The van der Waals surface area contributed by atoms with Gasteiger partial charge in [0.05, 0.1) is 14.2 Å². The summed E-state index contributed by atoms with van der Waals surface area (Å²) in [7, 11) is 2.52. The van der Waals surface area contributed by atoms with Crippen LogP contribution in [0.15, 0.2) is 36.7 Å². The van der Waals surface area contributed by atoms with Crippen LogP contribution < -0.4 is 9.47 Å². The minimum absolute atomic E-state index is 0.117. The lowest BCUT2D eigenvalue weighted by molar-refractivity contribution is -0.138. The van der Waals surface area contributed by atoms with E-state index in [1.807, 2.05) is 0 Å². The van der Waals surface area contributed by atoms with Crippen LogP contribution in [0.25, 0.3) is 11.1 Å². The zero-order valence-electron chi connectivity index (χ0n) is 10.9. The molecule has 0 bridgehead atoms. The molecule has 0 N–H and O–H groups in total. The summed E-state index contributed by atoms with van der Waals surface area (Å²) in [5.41, 5.74) is 0.270. The molecule has 0 radical (unpaired) electrons. The fourth-order valence-corrected chi connectivity index (χ4v) is 1.87. The fraction of sp³-hybridized carbons (Fsp3) is 0.214. The minimum Gasteiger partial charge on any atom is -0.496 e. The molecule has 1 aromatic heterocycles. The highest BCUT2D eigenvalue weighted by Crippen LogP contribution is 2.42. The number of rotatable bonds is 3. The number of hydrogen-bond donors (Lipinski definition) is 0. The summed E-state index contributed by atoms with van der Waals surface area (Å²) in [5, 5.41) is 0. The van der Waals surface area contributed by atoms with Gasteiger partial charge in [0.2, 0.25) is 0 Å². The average molecular weight is 283 g/mol. The number of benzene rings is 1. The molecule has 0 unspecified atom stereocenters. The van der Waals surface area contributed by atoms with E-state index in [1.165, 1.54) is 20.3 Å². The van der Waals surface area contributed by atoms with E-state index in [4.69, 9.17) is 9.47 Å². The summed E-state index contributed by atoms with van der Waals surface area (Å²) >= 11 is 0. The molecular formula is C14H12F3NO2. The van der Waals surface area contributed by atoms with Crippen LogP contribution in [0.2, 0.25) is 0 Å². The quantitative estimate of drug-likeness (QED) is 0.859. The Bertz CT molecular complexity index is 597. The molecule has 6 heteroatoms. The summed E-state index contributed by atoms with van der Waals surface area (Å²) in [6.07, 6.45) is -1.38. The highest BCUT2D eigenvalue weighted by Gasteiger charge is 2.35. The third-order valence-corrected chi connectivity index (χ3v) is 2.80. The molecule has 0 saturated carbocycles. The molecule has 0 aliphatic carbocycles. The van der Waals surface area contributed by atoms with Crippen molar-refractivity contribution in [3.8, 4) is 22.6 Å². The second kappa shape index (κ2) is 5.40. The lowest BCUT2D eigenvalue weighted by atomic mass is 10.0. The second-order valence-electron chi connectivity index (χ2n) is 3.99. The van der Waals surface area contributed by atoms with E-state index < -0.39 is 11.7 Å². The Morgan fingerprint density at radius 1 is 1.05 bits per heavy atom. The highest BCUT2D eigenvalue weighted by atomic mass is 19.4. The SMILES string of the molecule is COc1cc(C(F)(F)F)c(OC)cc1-c1cccnc1. The van der Waals surface area contributed by atoms with Gasteiger partial charge >= 0.3 is 6.18 Å². The molecular weight excluding hydrogens is 271 g/mol. The van der Waals surface area contributed by atoms with Crippen LogP contribution in [-0.2, 0) is 6.18 Å². The van der Waals surface area contributed by atoms with Crippen molar-refractivity contribution in [3.63, 3.8) is 0 Å². The maximum atomic E-state index is 12.9. The van der Waals surface area contributed by atoms with Crippen LogP contribution >= 0.6 is 0 Å². The summed E-state index contributed by atoms with van der Waals surface area (Å²) in [6.45, 7) is 0. The maximum absolute atomic E-state index is 12.9. The van der Waals surface area contributed by atoms with Gasteiger partial charge in [0, 0.05) is 23.5 Å². The van der Waals surface area contributed by atoms with Gasteiger partial charge < -0.3 is 9.47 Å². The van der Waals surface area contributed by atoms with Gasteiger partial charge in [0.1, 0.15) is 17.1 Å². The topological polar surface area (TPSA) is 31.4 Å². The molecule has 0 spiro atoms. The van der Waals surface area contributed by atoms with Crippen molar-refractivity contribution in [1.29, 1.82) is 0 Å². The molecule has 0 amide bonds. The maximum Gasteiger partial charge on any atom is 0.420 e. The Morgan fingerprint density at radius 3 is 2.25 bits per heavy atom. The lowest BCUT2D eigenvalue weighted by Crippen LogP contribution is -2.08. The van der Waals surface area contributed by atoms with Gasteiger partial charge in [-0.2, -0.15) is 13.2 Å². The molecule has 106 valence electrons. The molecule has 20 heavy (non-hydrogen) atoms. The van der Waals surface area contributed by atoms with E-state index in [9.17, 15) is 13.2 Å². The Balaban J connectivity index is 2.65. The first-order chi connectivity index (χ1) is 9.47. The molecule has 3 nitrogen and oxygen atoms in total. The largest absolute Gasteiger partial charge is 0.496 e. The number of alkyl halides is 3. The summed E-state index contributed by atoms with van der Waals surface area (Å²) in [4.78, 5) is 3.94. The number of nitrogens with zero attached hydrogens (tertiary/aromatic N) is 1. The first-order valence-corrected chi connectivity index (χ1v) is 5.71. The van der Waals surface area contributed by atoms with Crippen LogP contribution in [-0.4, -0.2) is 19.2 Å². The molecule has 1 heterocycles. The first-order valence-electron chi connectivity index (χ1n) is 5.71. The average Bonchev–Trinajstić information content (AvgIpc) is 2.45. The van der Waals surface area contributed by atoms with Crippen LogP contribution in [0.4, 0.5) is 13.2 Å². The Kier molecular flexibility index (Phi) is 3.83. The van der Waals surface area contributed by atoms with E-state index in [1.54, 1.807) is 24.5 Å². The number of ether oxygens (including phenoxy) is 2. The third kappa shape index (κ3) is 2.68. The van der Waals surface area contributed by atoms with E-state index >= 15 is 0 Å². The molecule has 0 saturated heterocycles. The number of hydrogen-bond acceptors (Lipinski definition) is 3. The lowest BCUT2D eigenvalue weighted by Gasteiger charge is -2.16. The van der Waals surface area contributed by atoms with Gasteiger partial charge in [-0.05, 0) is 18.2 Å². The number of halogens is 3. The monoisotopic (exact) mass is 283 g/mol. The summed E-state index contributed by atoms with van der Waals surface area (Å²) in [5.74, 6) is -0.136. The van der Waals surface area contributed by atoms with Gasteiger partial charge in [-0.3, -0.25) is 4.98 Å². The van der Waals surface area contributed by atoms with Crippen molar-refractivity contribution in [2.45, 2.75) is 6.18 Å². The Hall–Kier alpha value is -2.24. The smallest absolute Gasteiger partial charge is 0.420 e. The number of pyridine rings is 1. The Morgan fingerprint density at radius 2 is 1.75 bits per heavy atom. The number of methoxy groups -OCH3 is 2. The molecule has 0 aliphatic rings. The van der Waals surface area contributed by atoms with Crippen molar-refractivity contribution < 1.29 is 22.6 Å². The number of aromatic nitrogens is 1. The van der Waals surface area contributed by atoms with Crippen LogP contribution in [0.5, 0.6) is 11.5 Å². The van der Waals surface area contributed by atoms with Crippen molar-refractivity contribution in [1.82, 2.24) is 4.98 Å². The Labute approximate surface area is 114 Å². The molecule has 0 aliphatic heterocycles. The van der Waals surface area contributed by atoms with Crippen molar-refractivity contribution >= 4 is 0 Å².